The van der Waals surface area contributed by atoms with Gasteiger partial charge in [0.05, 0.1) is 18.0 Å². The lowest BCUT2D eigenvalue weighted by Gasteiger charge is -2.10. The second kappa shape index (κ2) is 9.10. The van der Waals surface area contributed by atoms with Crippen LogP contribution >= 0.6 is 11.8 Å². The van der Waals surface area contributed by atoms with E-state index in [0.717, 1.165) is 22.2 Å². The van der Waals surface area contributed by atoms with Gasteiger partial charge < -0.3 is 10.1 Å². The standard InChI is InChI=1S/C20H21N3O2S/c1-16-7-5-6-10-18(16)23-13-11-22-20(23)26-15-19(24)21-12-14-25-17-8-3-2-4-9-17/h2-11,13H,12,14-15H2,1H3,(H,21,24). The third-order valence-electron chi connectivity index (χ3n) is 3.75. The van der Waals surface area contributed by atoms with Crippen molar-refractivity contribution in [3.63, 3.8) is 0 Å². The molecule has 0 radical (unpaired) electrons. The number of aryl methyl sites for hydroxylation is 1. The molecule has 0 aliphatic heterocycles. The number of nitrogens with one attached hydrogen (secondary N) is 1. The van der Waals surface area contributed by atoms with Crippen molar-refractivity contribution in [1.82, 2.24) is 14.9 Å². The van der Waals surface area contributed by atoms with Crippen LogP contribution in [0, 0.1) is 6.92 Å². The van der Waals surface area contributed by atoms with Gasteiger partial charge in [-0.1, -0.05) is 48.2 Å². The first-order valence-electron chi connectivity index (χ1n) is 8.41. The lowest BCUT2D eigenvalue weighted by atomic mass is 10.2. The van der Waals surface area contributed by atoms with Crippen LogP contribution in [-0.4, -0.2) is 34.4 Å². The van der Waals surface area contributed by atoms with Gasteiger partial charge in [-0.25, -0.2) is 4.98 Å². The average molecular weight is 367 g/mol. The number of amides is 1. The van der Waals surface area contributed by atoms with Crippen LogP contribution in [0.3, 0.4) is 0 Å². The summed E-state index contributed by atoms with van der Waals surface area (Å²) in [6, 6.07) is 17.7. The van der Waals surface area contributed by atoms with E-state index in [-0.39, 0.29) is 5.91 Å². The Morgan fingerprint density at radius 1 is 1.15 bits per heavy atom. The van der Waals surface area contributed by atoms with E-state index in [1.54, 1.807) is 6.20 Å². The Morgan fingerprint density at radius 3 is 2.73 bits per heavy atom. The highest BCUT2D eigenvalue weighted by molar-refractivity contribution is 7.99. The van der Waals surface area contributed by atoms with Crippen LogP contribution in [0.15, 0.2) is 72.1 Å². The zero-order chi connectivity index (χ0) is 18.2. The monoisotopic (exact) mass is 367 g/mol. The summed E-state index contributed by atoms with van der Waals surface area (Å²) in [5.74, 6) is 1.08. The maximum atomic E-state index is 12.0. The van der Waals surface area contributed by atoms with E-state index < -0.39 is 0 Å². The Hall–Kier alpha value is -2.73. The van der Waals surface area contributed by atoms with Crippen molar-refractivity contribution >= 4 is 17.7 Å². The van der Waals surface area contributed by atoms with E-state index in [0.29, 0.717) is 18.9 Å². The first-order valence-corrected chi connectivity index (χ1v) is 9.39. The van der Waals surface area contributed by atoms with Gasteiger partial charge in [0.2, 0.25) is 5.91 Å². The molecule has 26 heavy (non-hydrogen) atoms. The van der Waals surface area contributed by atoms with Gasteiger partial charge in [0, 0.05) is 12.4 Å². The summed E-state index contributed by atoms with van der Waals surface area (Å²) in [5.41, 5.74) is 2.24. The van der Waals surface area contributed by atoms with E-state index in [1.807, 2.05) is 59.3 Å². The second-order valence-electron chi connectivity index (χ2n) is 5.67. The molecule has 0 aliphatic rings. The third kappa shape index (κ3) is 4.89. The number of carbonyl (C=O) groups excluding carboxylic acids is 1. The maximum Gasteiger partial charge on any atom is 0.230 e. The van der Waals surface area contributed by atoms with Crippen LogP contribution in [0.2, 0.25) is 0 Å². The fourth-order valence-corrected chi connectivity index (χ4v) is 3.27. The highest BCUT2D eigenvalue weighted by Crippen LogP contribution is 2.22. The lowest BCUT2D eigenvalue weighted by Crippen LogP contribution is -2.29. The van der Waals surface area contributed by atoms with Crippen molar-refractivity contribution in [2.75, 3.05) is 18.9 Å². The molecule has 1 aromatic heterocycles. The van der Waals surface area contributed by atoms with Gasteiger partial charge in [-0.3, -0.25) is 9.36 Å². The number of rotatable bonds is 8. The summed E-state index contributed by atoms with van der Waals surface area (Å²) in [6.45, 7) is 2.97. The molecule has 2 aromatic carbocycles. The molecule has 0 unspecified atom stereocenters. The number of ether oxygens (including phenoxy) is 1. The zero-order valence-electron chi connectivity index (χ0n) is 14.6. The molecule has 6 heteroatoms. The van der Waals surface area contributed by atoms with Crippen LogP contribution in [0.4, 0.5) is 0 Å². The number of thioether (sulfide) groups is 1. The SMILES string of the molecule is Cc1ccccc1-n1ccnc1SCC(=O)NCCOc1ccccc1. The number of carbonyl (C=O) groups is 1. The van der Waals surface area contributed by atoms with Crippen molar-refractivity contribution in [2.45, 2.75) is 12.1 Å². The fraction of sp³-hybridized carbons (Fsp3) is 0.200. The lowest BCUT2D eigenvalue weighted by molar-refractivity contribution is -0.118. The number of hydrogen-bond acceptors (Lipinski definition) is 4. The smallest absolute Gasteiger partial charge is 0.230 e. The molecule has 134 valence electrons. The van der Waals surface area contributed by atoms with Crippen molar-refractivity contribution in [1.29, 1.82) is 0 Å². The molecule has 1 N–H and O–H groups in total. The Kier molecular flexibility index (Phi) is 6.33. The molecule has 1 amide bonds. The van der Waals surface area contributed by atoms with E-state index >= 15 is 0 Å². The van der Waals surface area contributed by atoms with Crippen LogP contribution in [-0.2, 0) is 4.79 Å². The average Bonchev–Trinajstić information content (AvgIpc) is 3.13. The van der Waals surface area contributed by atoms with Crippen molar-refractivity contribution < 1.29 is 9.53 Å². The molecule has 3 rings (SSSR count). The maximum absolute atomic E-state index is 12.0. The molecule has 0 spiro atoms. The molecule has 3 aromatic rings. The summed E-state index contributed by atoms with van der Waals surface area (Å²) in [5, 5.41) is 3.67. The first kappa shape index (κ1) is 18.1. The number of aromatic nitrogens is 2. The van der Waals surface area contributed by atoms with Crippen LogP contribution < -0.4 is 10.1 Å². The molecular formula is C20H21N3O2S. The van der Waals surface area contributed by atoms with Gasteiger partial charge in [0.25, 0.3) is 0 Å². The Balaban J connectivity index is 1.45. The molecule has 0 fully saturated rings. The number of nitrogens with zero attached hydrogens (tertiary/aromatic N) is 2. The number of benzene rings is 2. The predicted octanol–water partition coefficient (Wildman–Crippen LogP) is 3.47. The van der Waals surface area contributed by atoms with E-state index in [4.69, 9.17) is 4.74 Å². The van der Waals surface area contributed by atoms with Gasteiger partial charge in [0.1, 0.15) is 12.4 Å². The first-order chi connectivity index (χ1) is 12.7. The molecular weight excluding hydrogens is 346 g/mol. The Labute approximate surface area is 157 Å². The minimum atomic E-state index is -0.0361. The number of para-hydroxylation sites is 2. The molecule has 5 nitrogen and oxygen atoms in total. The minimum Gasteiger partial charge on any atom is -0.492 e. The van der Waals surface area contributed by atoms with E-state index in [9.17, 15) is 4.79 Å². The normalized spacial score (nSPS) is 10.5. The number of hydrogen-bond donors (Lipinski definition) is 1. The van der Waals surface area contributed by atoms with Crippen LogP contribution in [0.5, 0.6) is 5.75 Å². The quantitative estimate of drug-likeness (QED) is 0.489. The Bertz CT molecular complexity index is 849. The second-order valence-corrected chi connectivity index (χ2v) is 6.61. The molecule has 0 saturated carbocycles. The molecule has 0 saturated heterocycles. The predicted molar refractivity (Wildman–Crippen MR) is 104 cm³/mol. The summed E-state index contributed by atoms with van der Waals surface area (Å²) < 4.78 is 7.56. The van der Waals surface area contributed by atoms with E-state index in [1.165, 1.54) is 11.8 Å². The van der Waals surface area contributed by atoms with Gasteiger partial charge in [-0.15, -0.1) is 0 Å². The highest BCUT2D eigenvalue weighted by Gasteiger charge is 2.10. The molecule has 0 aliphatic carbocycles. The minimum absolute atomic E-state index is 0.0361. The van der Waals surface area contributed by atoms with Crippen molar-refractivity contribution in [2.24, 2.45) is 0 Å². The summed E-state index contributed by atoms with van der Waals surface area (Å²) in [7, 11) is 0. The zero-order valence-corrected chi connectivity index (χ0v) is 15.4. The van der Waals surface area contributed by atoms with Crippen LogP contribution in [0.1, 0.15) is 5.56 Å². The summed E-state index contributed by atoms with van der Waals surface area (Å²) in [6.07, 6.45) is 3.66. The molecule has 1 heterocycles. The van der Waals surface area contributed by atoms with Crippen molar-refractivity contribution in [3.05, 3.63) is 72.6 Å². The summed E-state index contributed by atoms with van der Waals surface area (Å²) >= 11 is 1.42. The topological polar surface area (TPSA) is 56.2 Å². The van der Waals surface area contributed by atoms with Crippen LogP contribution in [0.25, 0.3) is 5.69 Å². The largest absolute Gasteiger partial charge is 0.492 e. The Morgan fingerprint density at radius 2 is 1.92 bits per heavy atom. The summed E-state index contributed by atoms with van der Waals surface area (Å²) in [4.78, 5) is 16.4. The number of imidazole rings is 1. The van der Waals surface area contributed by atoms with Crippen molar-refractivity contribution in [3.8, 4) is 11.4 Å². The third-order valence-corrected chi connectivity index (χ3v) is 4.72. The van der Waals surface area contributed by atoms with Gasteiger partial charge >= 0.3 is 0 Å². The molecule has 0 bridgehead atoms. The van der Waals surface area contributed by atoms with Gasteiger partial charge in [0.15, 0.2) is 5.16 Å². The van der Waals surface area contributed by atoms with Gasteiger partial charge in [-0.2, -0.15) is 0 Å². The van der Waals surface area contributed by atoms with E-state index in [2.05, 4.69) is 23.3 Å². The van der Waals surface area contributed by atoms with Gasteiger partial charge in [-0.05, 0) is 30.7 Å². The highest BCUT2D eigenvalue weighted by atomic mass is 32.2. The fourth-order valence-electron chi connectivity index (χ4n) is 2.47. The molecule has 0 atom stereocenters.